The highest BCUT2D eigenvalue weighted by Crippen LogP contribution is 2.39. The summed E-state index contributed by atoms with van der Waals surface area (Å²) in [6.45, 7) is 0. The Kier molecular flexibility index (Phi) is 3.23. The van der Waals surface area contributed by atoms with E-state index in [9.17, 15) is 4.79 Å². The van der Waals surface area contributed by atoms with E-state index in [1.165, 1.54) is 7.11 Å². The summed E-state index contributed by atoms with van der Waals surface area (Å²) in [5.74, 6) is 1.92. The van der Waals surface area contributed by atoms with Crippen molar-refractivity contribution in [3.8, 4) is 17.2 Å². The molecule has 0 saturated heterocycles. The molecule has 0 saturated carbocycles. The van der Waals surface area contributed by atoms with E-state index in [1.807, 2.05) is 24.3 Å². The zero-order valence-electron chi connectivity index (χ0n) is 11.2. The highest BCUT2D eigenvalue weighted by atomic mass is 16.7. The second-order valence-electron chi connectivity index (χ2n) is 4.38. The fraction of sp³-hybridized carbons (Fsp3) is 0.0625. The van der Waals surface area contributed by atoms with Crippen molar-refractivity contribution in [3.05, 3.63) is 53.6 Å². The van der Waals surface area contributed by atoms with E-state index in [4.69, 9.17) is 19.3 Å². The van der Waals surface area contributed by atoms with Crippen molar-refractivity contribution in [2.75, 3.05) is 7.11 Å². The molecule has 0 fully saturated rings. The Hall–Kier alpha value is -2.95. The van der Waals surface area contributed by atoms with E-state index in [-0.39, 0.29) is 5.76 Å². The summed E-state index contributed by atoms with van der Waals surface area (Å²) in [4.78, 5) is 10.9. The summed E-state index contributed by atoms with van der Waals surface area (Å²) >= 11 is 0. The zero-order chi connectivity index (χ0) is 14.8. The van der Waals surface area contributed by atoms with Gasteiger partial charge in [0.25, 0.3) is 0 Å². The summed E-state index contributed by atoms with van der Waals surface area (Å²) in [7, 11) is 1.54. The Morgan fingerprint density at radius 3 is 2.71 bits per heavy atom. The number of methoxy groups -OCH3 is 1. The molecule has 0 amide bonds. The van der Waals surface area contributed by atoms with Gasteiger partial charge < -0.3 is 19.3 Å². The first-order valence-electron chi connectivity index (χ1n) is 6.25. The molecule has 2 aromatic carbocycles. The summed E-state index contributed by atoms with van der Waals surface area (Å²) in [5, 5.41) is 8.92. The minimum Gasteiger partial charge on any atom is -0.497 e. The van der Waals surface area contributed by atoms with E-state index in [0.29, 0.717) is 22.8 Å². The van der Waals surface area contributed by atoms with Gasteiger partial charge in [0.05, 0.1) is 12.7 Å². The molecule has 21 heavy (non-hydrogen) atoms. The lowest BCUT2D eigenvalue weighted by Gasteiger charge is -2.11. The van der Waals surface area contributed by atoms with E-state index < -0.39 is 6.16 Å². The highest BCUT2D eigenvalue weighted by Gasteiger charge is 2.20. The van der Waals surface area contributed by atoms with Crippen molar-refractivity contribution in [2.24, 2.45) is 0 Å². The normalized spacial score (nSPS) is 12.1. The first-order valence-corrected chi connectivity index (χ1v) is 6.25. The molecule has 0 unspecified atom stereocenters. The SMILES string of the molecule is COc1ccc2c(c1)C(OC(=O)O)=Cc1ccccc1O2. The van der Waals surface area contributed by atoms with E-state index >= 15 is 0 Å². The number of hydrogen-bond donors (Lipinski definition) is 1. The molecule has 5 nitrogen and oxygen atoms in total. The van der Waals surface area contributed by atoms with Crippen LogP contribution in [-0.2, 0) is 4.74 Å². The molecule has 0 spiro atoms. The van der Waals surface area contributed by atoms with Crippen LogP contribution in [0.1, 0.15) is 11.1 Å². The van der Waals surface area contributed by atoms with E-state index in [1.54, 1.807) is 24.3 Å². The lowest BCUT2D eigenvalue weighted by atomic mass is 10.1. The van der Waals surface area contributed by atoms with Gasteiger partial charge in [0.2, 0.25) is 0 Å². The minimum absolute atomic E-state index is 0.196. The number of hydrogen-bond acceptors (Lipinski definition) is 4. The Bertz CT molecular complexity index is 733. The monoisotopic (exact) mass is 284 g/mol. The Labute approximate surface area is 121 Å². The molecule has 3 rings (SSSR count). The van der Waals surface area contributed by atoms with Gasteiger partial charge in [-0.1, -0.05) is 18.2 Å². The third-order valence-corrected chi connectivity index (χ3v) is 3.07. The second kappa shape index (κ2) is 5.20. The Morgan fingerprint density at radius 2 is 1.95 bits per heavy atom. The van der Waals surface area contributed by atoms with Crippen LogP contribution in [0.5, 0.6) is 17.2 Å². The van der Waals surface area contributed by atoms with Crippen molar-refractivity contribution < 1.29 is 24.1 Å². The number of rotatable bonds is 2. The molecule has 0 radical (unpaired) electrons. The van der Waals surface area contributed by atoms with Gasteiger partial charge in [0.1, 0.15) is 23.0 Å². The molecule has 0 aromatic heterocycles. The zero-order valence-corrected chi connectivity index (χ0v) is 11.2. The predicted octanol–water partition coefficient (Wildman–Crippen LogP) is 3.99. The average molecular weight is 284 g/mol. The third-order valence-electron chi connectivity index (χ3n) is 3.07. The molecule has 0 atom stereocenters. The van der Waals surface area contributed by atoms with Crippen LogP contribution >= 0.6 is 0 Å². The molecule has 106 valence electrons. The summed E-state index contributed by atoms with van der Waals surface area (Å²) in [5.41, 5.74) is 1.26. The first-order chi connectivity index (χ1) is 10.2. The maximum absolute atomic E-state index is 10.9. The molecule has 1 N–H and O–H groups in total. The molecule has 1 heterocycles. The quantitative estimate of drug-likeness (QED) is 0.844. The van der Waals surface area contributed by atoms with Crippen molar-refractivity contribution >= 4 is 18.0 Å². The van der Waals surface area contributed by atoms with Crippen LogP contribution in [0.25, 0.3) is 11.8 Å². The van der Waals surface area contributed by atoms with Crippen molar-refractivity contribution in [1.29, 1.82) is 0 Å². The molecule has 0 aliphatic carbocycles. The highest BCUT2D eigenvalue weighted by molar-refractivity contribution is 5.87. The van der Waals surface area contributed by atoms with Crippen LogP contribution < -0.4 is 9.47 Å². The molecule has 2 aromatic rings. The number of carbonyl (C=O) groups is 1. The van der Waals surface area contributed by atoms with Gasteiger partial charge in [-0.2, -0.15) is 0 Å². The van der Waals surface area contributed by atoms with Crippen LogP contribution in [0.15, 0.2) is 42.5 Å². The van der Waals surface area contributed by atoms with Gasteiger partial charge in [-0.15, -0.1) is 0 Å². The van der Waals surface area contributed by atoms with Crippen molar-refractivity contribution in [2.45, 2.75) is 0 Å². The molecule has 5 heteroatoms. The van der Waals surface area contributed by atoms with Crippen LogP contribution in [0.4, 0.5) is 4.79 Å². The fourth-order valence-electron chi connectivity index (χ4n) is 2.13. The second-order valence-corrected chi connectivity index (χ2v) is 4.38. The topological polar surface area (TPSA) is 65.0 Å². The molecule has 1 aliphatic heterocycles. The number of ether oxygens (including phenoxy) is 3. The maximum Gasteiger partial charge on any atom is 0.511 e. The van der Waals surface area contributed by atoms with Crippen molar-refractivity contribution in [1.82, 2.24) is 0 Å². The van der Waals surface area contributed by atoms with Crippen LogP contribution in [0, 0.1) is 0 Å². The lowest BCUT2D eigenvalue weighted by molar-refractivity contribution is 0.135. The number of benzene rings is 2. The fourth-order valence-corrected chi connectivity index (χ4v) is 2.13. The molecular weight excluding hydrogens is 272 g/mol. The number of para-hydroxylation sites is 1. The molecule has 0 bridgehead atoms. The summed E-state index contributed by atoms with van der Waals surface area (Å²) in [6, 6.07) is 12.5. The van der Waals surface area contributed by atoms with Crippen LogP contribution in [0.3, 0.4) is 0 Å². The third kappa shape index (κ3) is 2.53. The molecule has 1 aliphatic rings. The maximum atomic E-state index is 10.9. The van der Waals surface area contributed by atoms with Gasteiger partial charge >= 0.3 is 6.16 Å². The van der Waals surface area contributed by atoms with Crippen molar-refractivity contribution in [3.63, 3.8) is 0 Å². The van der Waals surface area contributed by atoms with Gasteiger partial charge in [0.15, 0.2) is 0 Å². The van der Waals surface area contributed by atoms with Crippen LogP contribution in [-0.4, -0.2) is 18.4 Å². The van der Waals surface area contributed by atoms with Gasteiger partial charge in [-0.05, 0) is 30.3 Å². The first kappa shape index (κ1) is 13.1. The Balaban J connectivity index is 2.19. The van der Waals surface area contributed by atoms with Gasteiger partial charge in [-0.25, -0.2) is 4.79 Å². The van der Waals surface area contributed by atoms with Crippen LogP contribution in [0.2, 0.25) is 0 Å². The number of fused-ring (bicyclic) bond motifs is 2. The summed E-state index contributed by atoms with van der Waals surface area (Å²) in [6.07, 6.45) is 0.253. The Morgan fingerprint density at radius 1 is 1.14 bits per heavy atom. The average Bonchev–Trinajstić information content (AvgIpc) is 2.62. The molecular formula is C16H12O5. The standard InChI is InChI=1S/C16H12O5/c1-19-11-6-7-14-12(9-11)15(21-16(17)18)8-10-4-2-3-5-13(10)20-14/h2-9H,1H3,(H,17,18). The minimum atomic E-state index is -1.38. The smallest absolute Gasteiger partial charge is 0.497 e. The van der Waals surface area contributed by atoms with E-state index in [0.717, 1.165) is 5.56 Å². The largest absolute Gasteiger partial charge is 0.511 e. The predicted molar refractivity (Wildman–Crippen MR) is 76.5 cm³/mol. The van der Waals surface area contributed by atoms with Gasteiger partial charge in [-0.3, -0.25) is 0 Å². The van der Waals surface area contributed by atoms with Gasteiger partial charge in [0, 0.05) is 5.56 Å². The number of carboxylic acid groups (broad SMARTS) is 1. The summed E-state index contributed by atoms with van der Waals surface area (Å²) < 4.78 is 15.9. The van der Waals surface area contributed by atoms with E-state index in [2.05, 4.69) is 0 Å². The lowest BCUT2D eigenvalue weighted by Crippen LogP contribution is -2.00.